The van der Waals surface area contributed by atoms with Crippen molar-refractivity contribution >= 4 is 6.09 Å². The number of rotatable bonds is 2. The minimum atomic E-state index is -0.476. The monoisotopic (exact) mass is 247 g/mol. The number of piperidine rings is 1. The molecule has 1 aliphatic carbocycles. The molecule has 1 amide bonds. The van der Waals surface area contributed by atoms with Gasteiger partial charge in [0, 0.05) is 19.0 Å². The van der Waals surface area contributed by atoms with Gasteiger partial charge in [0.15, 0.2) is 0 Å². The first-order valence-electron chi connectivity index (χ1n) is 6.35. The Morgan fingerprint density at radius 3 is 2.94 bits per heavy atom. The zero-order valence-electron chi connectivity index (χ0n) is 10.2. The lowest BCUT2D eigenvalue weighted by Crippen LogP contribution is -2.41. The fourth-order valence-corrected chi connectivity index (χ4v) is 2.57. The fraction of sp³-hybridized carbons (Fsp3) is 0.500. The van der Waals surface area contributed by atoms with Gasteiger partial charge in [-0.1, -0.05) is 30.3 Å². The van der Waals surface area contributed by atoms with E-state index in [-0.39, 0.29) is 12.0 Å². The molecule has 0 aromatic heterocycles. The van der Waals surface area contributed by atoms with Crippen molar-refractivity contribution in [1.82, 2.24) is 4.90 Å². The summed E-state index contributed by atoms with van der Waals surface area (Å²) < 4.78 is 5.27. The van der Waals surface area contributed by atoms with E-state index in [0.717, 1.165) is 12.0 Å². The number of carbonyl (C=O) groups is 1. The van der Waals surface area contributed by atoms with Crippen molar-refractivity contribution in [3.8, 4) is 0 Å². The van der Waals surface area contributed by atoms with E-state index >= 15 is 0 Å². The highest BCUT2D eigenvalue weighted by molar-refractivity contribution is 5.68. The number of likely N-dealkylation sites (tertiary alicyclic amines) is 1. The Kier molecular flexibility index (Phi) is 2.74. The minimum absolute atomic E-state index is 0.260. The van der Waals surface area contributed by atoms with Crippen LogP contribution in [0.25, 0.3) is 0 Å². The lowest BCUT2D eigenvalue weighted by atomic mass is 10.1. The topological polar surface area (TPSA) is 49.8 Å². The number of aliphatic hydroxyl groups is 1. The normalized spacial score (nSPS) is 29.6. The second-order valence-electron chi connectivity index (χ2n) is 5.24. The van der Waals surface area contributed by atoms with Gasteiger partial charge in [0.1, 0.15) is 6.61 Å². The zero-order valence-corrected chi connectivity index (χ0v) is 10.2. The average Bonchev–Trinajstić information content (AvgIpc) is 3.07. The van der Waals surface area contributed by atoms with E-state index in [9.17, 15) is 9.90 Å². The number of ether oxygens (including phenoxy) is 1. The Balaban J connectivity index is 1.50. The van der Waals surface area contributed by atoms with Crippen LogP contribution in [0.1, 0.15) is 18.4 Å². The third-order valence-corrected chi connectivity index (χ3v) is 3.92. The second kappa shape index (κ2) is 4.28. The molecule has 1 aliphatic heterocycles. The molecule has 1 aromatic carbocycles. The van der Waals surface area contributed by atoms with E-state index in [1.54, 1.807) is 4.90 Å². The Morgan fingerprint density at radius 1 is 1.44 bits per heavy atom. The van der Waals surface area contributed by atoms with E-state index < -0.39 is 5.60 Å². The SMILES string of the molecule is O=C(OCc1ccccc1)N1CC[C@]2(O)C[C@@H]2C1. The maximum absolute atomic E-state index is 11.9. The van der Waals surface area contributed by atoms with E-state index in [1.165, 1.54) is 0 Å². The Labute approximate surface area is 106 Å². The number of hydrogen-bond acceptors (Lipinski definition) is 3. The molecule has 3 rings (SSSR count). The minimum Gasteiger partial charge on any atom is -0.445 e. The van der Waals surface area contributed by atoms with Crippen LogP contribution in [-0.2, 0) is 11.3 Å². The van der Waals surface area contributed by atoms with Gasteiger partial charge in [-0.3, -0.25) is 0 Å². The summed E-state index contributed by atoms with van der Waals surface area (Å²) >= 11 is 0. The van der Waals surface area contributed by atoms with Crippen molar-refractivity contribution in [3.05, 3.63) is 35.9 Å². The highest BCUT2D eigenvalue weighted by Crippen LogP contribution is 2.49. The van der Waals surface area contributed by atoms with E-state index in [4.69, 9.17) is 4.74 Å². The maximum atomic E-state index is 11.9. The van der Waals surface area contributed by atoms with Crippen LogP contribution in [0.5, 0.6) is 0 Å². The van der Waals surface area contributed by atoms with Crippen LogP contribution in [-0.4, -0.2) is 34.8 Å². The van der Waals surface area contributed by atoms with Gasteiger partial charge in [0.05, 0.1) is 5.60 Å². The van der Waals surface area contributed by atoms with Crippen LogP contribution in [0.15, 0.2) is 30.3 Å². The molecule has 1 heterocycles. The third kappa shape index (κ3) is 2.20. The van der Waals surface area contributed by atoms with Crippen LogP contribution in [0, 0.1) is 5.92 Å². The number of hydrogen-bond donors (Lipinski definition) is 1. The van der Waals surface area contributed by atoms with Gasteiger partial charge < -0.3 is 14.7 Å². The summed E-state index contributed by atoms with van der Waals surface area (Å²) in [6.45, 7) is 1.54. The molecular weight excluding hydrogens is 230 g/mol. The predicted octanol–water partition coefficient (Wildman–Crippen LogP) is 1.78. The maximum Gasteiger partial charge on any atom is 0.410 e. The first-order valence-corrected chi connectivity index (χ1v) is 6.35. The molecule has 0 bridgehead atoms. The number of nitrogens with zero attached hydrogens (tertiary/aromatic N) is 1. The summed E-state index contributed by atoms with van der Waals surface area (Å²) in [4.78, 5) is 13.6. The quantitative estimate of drug-likeness (QED) is 0.866. The molecule has 1 saturated heterocycles. The molecule has 1 aromatic rings. The molecule has 1 N–H and O–H groups in total. The van der Waals surface area contributed by atoms with E-state index in [0.29, 0.717) is 26.1 Å². The number of amides is 1. The van der Waals surface area contributed by atoms with E-state index in [1.807, 2.05) is 30.3 Å². The van der Waals surface area contributed by atoms with E-state index in [2.05, 4.69) is 0 Å². The standard InChI is InChI=1S/C14H17NO3/c16-13(18-10-11-4-2-1-3-5-11)15-7-6-14(17)8-12(14)9-15/h1-5,12,17H,6-10H2/t12-,14+/m1/s1. The van der Waals surface area contributed by atoms with Crippen LogP contribution in [0.3, 0.4) is 0 Å². The van der Waals surface area contributed by atoms with Crippen molar-refractivity contribution in [3.63, 3.8) is 0 Å². The summed E-state index contributed by atoms with van der Waals surface area (Å²) in [5.41, 5.74) is 0.515. The van der Waals surface area contributed by atoms with Gasteiger partial charge in [-0.25, -0.2) is 4.79 Å². The summed E-state index contributed by atoms with van der Waals surface area (Å²) in [6, 6.07) is 9.65. The molecule has 0 unspecified atom stereocenters. The molecule has 2 aliphatic rings. The Morgan fingerprint density at radius 2 is 2.22 bits per heavy atom. The van der Waals surface area contributed by atoms with Gasteiger partial charge in [0.25, 0.3) is 0 Å². The van der Waals surface area contributed by atoms with Crippen molar-refractivity contribution in [2.24, 2.45) is 5.92 Å². The Bertz CT molecular complexity index is 448. The van der Waals surface area contributed by atoms with Gasteiger partial charge in [-0.2, -0.15) is 0 Å². The van der Waals surface area contributed by atoms with Gasteiger partial charge in [-0.15, -0.1) is 0 Å². The predicted molar refractivity (Wildman–Crippen MR) is 65.9 cm³/mol. The highest BCUT2D eigenvalue weighted by Gasteiger charge is 2.56. The summed E-state index contributed by atoms with van der Waals surface area (Å²) in [7, 11) is 0. The highest BCUT2D eigenvalue weighted by atomic mass is 16.6. The van der Waals surface area contributed by atoms with Crippen LogP contribution in [0.4, 0.5) is 4.79 Å². The summed E-state index contributed by atoms with van der Waals surface area (Å²) in [5.74, 6) is 0.260. The molecule has 18 heavy (non-hydrogen) atoms. The first kappa shape index (κ1) is 11.5. The molecule has 0 radical (unpaired) electrons. The molecule has 96 valence electrons. The fourth-order valence-electron chi connectivity index (χ4n) is 2.57. The lowest BCUT2D eigenvalue weighted by molar-refractivity contribution is 0.0471. The smallest absolute Gasteiger partial charge is 0.410 e. The Hall–Kier alpha value is -1.55. The number of benzene rings is 1. The first-order chi connectivity index (χ1) is 8.67. The average molecular weight is 247 g/mol. The second-order valence-corrected chi connectivity index (χ2v) is 5.24. The number of carbonyl (C=O) groups excluding carboxylic acids is 1. The van der Waals surface area contributed by atoms with Crippen molar-refractivity contribution in [2.75, 3.05) is 13.1 Å². The lowest BCUT2D eigenvalue weighted by Gasteiger charge is -2.28. The molecule has 0 spiro atoms. The third-order valence-electron chi connectivity index (χ3n) is 3.92. The molecule has 2 atom stereocenters. The van der Waals surface area contributed by atoms with Crippen molar-refractivity contribution < 1.29 is 14.6 Å². The van der Waals surface area contributed by atoms with Crippen molar-refractivity contribution in [2.45, 2.75) is 25.0 Å². The molecular formula is C14H17NO3. The van der Waals surface area contributed by atoms with Gasteiger partial charge in [-0.05, 0) is 18.4 Å². The van der Waals surface area contributed by atoms with Crippen LogP contribution < -0.4 is 0 Å². The van der Waals surface area contributed by atoms with Crippen LogP contribution >= 0.6 is 0 Å². The zero-order chi connectivity index (χ0) is 12.6. The molecule has 1 saturated carbocycles. The molecule has 4 nitrogen and oxygen atoms in total. The number of fused-ring (bicyclic) bond motifs is 1. The van der Waals surface area contributed by atoms with Crippen LogP contribution in [0.2, 0.25) is 0 Å². The van der Waals surface area contributed by atoms with Gasteiger partial charge >= 0.3 is 6.09 Å². The molecule has 4 heteroatoms. The van der Waals surface area contributed by atoms with Gasteiger partial charge in [0.2, 0.25) is 0 Å². The largest absolute Gasteiger partial charge is 0.445 e. The summed E-state index contributed by atoms with van der Waals surface area (Å²) in [6.07, 6.45) is 1.24. The summed E-state index contributed by atoms with van der Waals surface area (Å²) in [5, 5.41) is 9.88. The molecule has 2 fully saturated rings. The van der Waals surface area contributed by atoms with Crippen molar-refractivity contribution in [1.29, 1.82) is 0 Å².